The molecule has 0 unspecified atom stereocenters. The van der Waals surface area contributed by atoms with Gasteiger partial charge in [-0.15, -0.1) is 20.4 Å². The van der Waals surface area contributed by atoms with E-state index in [-0.39, 0.29) is 70.9 Å². The minimum Gasteiger partial charge on any atom is -0.479 e. The summed E-state index contributed by atoms with van der Waals surface area (Å²) in [5.41, 5.74) is 0.640. The molecule has 6 heterocycles. The minimum absolute atomic E-state index is 0.0369. The quantitative estimate of drug-likeness (QED) is 0.0865. The number of rotatable bonds is 22. The lowest BCUT2D eigenvalue weighted by molar-refractivity contribution is 0.0947. The molecule has 8 atom stereocenters. The second kappa shape index (κ2) is 25.5. The van der Waals surface area contributed by atoms with Crippen LogP contribution in [0.1, 0.15) is 111 Å². The van der Waals surface area contributed by atoms with E-state index >= 15 is 0 Å². The van der Waals surface area contributed by atoms with Gasteiger partial charge >= 0.3 is 0 Å². The third-order valence-corrected chi connectivity index (χ3v) is 17.8. The molecule has 2 aliphatic rings. The Morgan fingerprint density at radius 1 is 0.513 bits per heavy atom. The molecule has 26 nitrogen and oxygen atoms in total. The monoisotopic (exact) mass is 1130 g/mol. The number of hydrogen-bond donors (Lipinski definition) is 0. The van der Waals surface area contributed by atoms with Gasteiger partial charge in [0.05, 0.1) is 61.2 Å². The molecule has 0 amide bonds. The lowest BCUT2D eigenvalue weighted by Gasteiger charge is -2.22. The van der Waals surface area contributed by atoms with E-state index < -0.39 is 53.9 Å². The average Bonchev–Trinajstić information content (AvgIpc) is 4.27. The molecular weight excluding hydrogens is 1080 g/mol. The van der Waals surface area contributed by atoms with Crippen molar-refractivity contribution in [2.45, 2.75) is 111 Å². The Kier molecular flexibility index (Phi) is 19.4. The first-order chi connectivity index (χ1) is 36.5. The van der Waals surface area contributed by atoms with E-state index in [4.69, 9.17) is 61.1 Å². The van der Waals surface area contributed by atoms with Crippen molar-refractivity contribution in [2.24, 2.45) is 0 Å². The summed E-state index contributed by atoms with van der Waals surface area (Å²) >= 11 is 11.8. The van der Waals surface area contributed by atoms with Gasteiger partial charge in [0.1, 0.15) is 48.0 Å². The maximum atomic E-state index is 13.7. The Bertz CT molecular complexity index is 2870. The Morgan fingerprint density at radius 3 is 1.12 bits per heavy atom. The van der Waals surface area contributed by atoms with Crippen LogP contribution in [0.25, 0.3) is 11.4 Å². The number of ether oxygens (including phenoxy) is 8. The third kappa shape index (κ3) is 12.6. The molecular formula is C46H60Cl2N14O12S2. The summed E-state index contributed by atoms with van der Waals surface area (Å²) < 4.78 is 102. The zero-order valence-electron chi connectivity index (χ0n) is 43.5. The second-order valence-corrected chi connectivity index (χ2v) is 23.3. The van der Waals surface area contributed by atoms with Crippen molar-refractivity contribution in [2.75, 3.05) is 56.9 Å². The van der Waals surface area contributed by atoms with Gasteiger partial charge in [0.2, 0.25) is 23.5 Å². The number of halogens is 2. The zero-order valence-corrected chi connectivity index (χ0v) is 46.6. The van der Waals surface area contributed by atoms with Crippen LogP contribution in [0, 0.1) is 0 Å². The number of nitrogens with zero attached hydrogens (tertiary/aromatic N) is 14. The summed E-state index contributed by atoms with van der Waals surface area (Å²) in [4.78, 5) is 33.4. The number of sulfone groups is 2. The smallest absolute Gasteiger partial charge is 0.245 e. The van der Waals surface area contributed by atoms with E-state index in [1.807, 2.05) is 0 Å². The third-order valence-electron chi connectivity index (χ3n) is 13.4. The van der Waals surface area contributed by atoms with Gasteiger partial charge in [0.25, 0.3) is 0 Å². The maximum Gasteiger partial charge on any atom is 0.245 e. The highest BCUT2D eigenvalue weighted by molar-refractivity contribution is 7.91. The zero-order chi connectivity index (χ0) is 54.9. The predicted molar refractivity (Wildman–Crippen MR) is 273 cm³/mol. The van der Waals surface area contributed by atoms with Crippen molar-refractivity contribution in [3.8, 4) is 34.9 Å². The summed E-state index contributed by atoms with van der Waals surface area (Å²) in [5, 5.41) is 16.1. The summed E-state index contributed by atoms with van der Waals surface area (Å²) in [6.45, 7) is 3.08. The van der Waals surface area contributed by atoms with E-state index in [9.17, 15) is 16.8 Å². The molecule has 0 radical (unpaired) electrons. The lowest BCUT2D eigenvalue weighted by Crippen LogP contribution is -2.30. The summed E-state index contributed by atoms with van der Waals surface area (Å²) in [7, 11) is 4.20. The fourth-order valence-electron chi connectivity index (χ4n) is 9.27. The molecule has 412 valence electrons. The van der Waals surface area contributed by atoms with Gasteiger partial charge < -0.3 is 37.9 Å². The van der Waals surface area contributed by atoms with Gasteiger partial charge in [-0.05, 0) is 52.4 Å². The van der Waals surface area contributed by atoms with Crippen LogP contribution < -0.4 is 18.9 Å². The van der Waals surface area contributed by atoms with Crippen LogP contribution in [0.15, 0.2) is 37.4 Å². The fourth-order valence-corrected chi connectivity index (χ4v) is 12.3. The Labute approximate surface area is 449 Å². The van der Waals surface area contributed by atoms with Gasteiger partial charge in [-0.1, -0.05) is 23.2 Å². The Morgan fingerprint density at radius 2 is 0.842 bits per heavy atom. The average molecular weight is 1140 g/mol. The first-order valence-electron chi connectivity index (χ1n) is 23.7. The Hall–Kier alpha value is -5.88. The SMILES string of the molecule is COc1ncnc(OC)c1-n1c(CS(=O)(=O)[C@@H](C)[C@H](OC)c2ncc(Cl)cn2)nnc1[C@@H]1CC[C@H](OC)C1.COc1ncnc(OC)c1-n1c(CS(=O)(=O)[C@@H](C)[C@H](OC)c2ncc(Cl)cn2)nnc1[C@H]1CC[C@@H](OC)C1. The highest BCUT2D eigenvalue weighted by Crippen LogP contribution is 2.42. The molecule has 2 aliphatic carbocycles. The molecule has 0 aliphatic heterocycles. The van der Waals surface area contributed by atoms with Gasteiger partial charge in [-0.3, -0.25) is 9.13 Å². The van der Waals surface area contributed by atoms with E-state index in [0.717, 1.165) is 25.7 Å². The number of methoxy groups -OCH3 is 8. The van der Waals surface area contributed by atoms with Crippen LogP contribution in [-0.2, 0) is 50.1 Å². The Balaban J connectivity index is 0.000000221. The van der Waals surface area contributed by atoms with E-state index in [2.05, 4.69) is 60.3 Å². The minimum atomic E-state index is -3.89. The molecule has 0 N–H and O–H groups in total. The standard InChI is InChI=1S/2C23H30ClN7O6S/c2*1-13(19(35-3)20-25-9-15(24)10-26-20)38(32,33)11-17-29-30-21(14-6-7-16(8-14)34-2)31(17)18-22(36-4)27-12-28-23(18)37-5/h2*9-10,12-14,16,19H,6-8,11H2,1-5H3/t13-,14+,16-,19-;13-,14-,16+,19-/m00/s1. The first kappa shape index (κ1) is 57.8. The molecule has 0 spiro atoms. The molecule has 76 heavy (non-hydrogen) atoms. The molecule has 2 fully saturated rings. The highest BCUT2D eigenvalue weighted by atomic mass is 35.5. The van der Waals surface area contributed by atoms with Crippen LogP contribution in [0.5, 0.6) is 23.5 Å². The van der Waals surface area contributed by atoms with E-state index in [0.29, 0.717) is 45.9 Å². The summed E-state index contributed by atoms with van der Waals surface area (Å²) in [5.74, 6) is 1.59. The molecule has 2 saturated carbocycles. The van der Waals surface area contributed by atoms with Crippen molar-refractivity contribution in [3.63, 3.8) is 0 Å². The van der Waals surface area contributed by atoms with Gasteiger partial charge in [0, 0.05) is 65.1 Å². The molecule has 0 bridgehead atoms. The van der Waals surface area contributed by atoms with Crippen molar-refractivity contribution in [3.05, 3.63) is 82.4 Å². The lowest BCUT2D eigenvalue weighted by atomic mass is 10.1. The van der Waals surface area contributed by atoms with Crippen molar-refractivity contribution < 1.29 is 54.7 Å². The number of aromatic nitrogens is 14. The molecule has 8 rings (SSSR count). The topological polar surface area (TPSA) is 307 Å². The molecule has 0 aromatic carbocycles. The van der Waals surface area contributed by atoms with E-state index in [1.54, 1.807) is 23.4 Å². The van der Waals surface area contributed by atoms with Crippen LogP contribution in [0.3, 0.4) is 0 Å². The van der Waals surface area contributed by atoms with Crippen molar-refractivity contribution in [1.29, 1.82) is 0 Å². The molecule has 6 aromatic rings. The highest BCUT2D eigenvalue weighted by Gasteiger charge is 2.40. The summed E-state index contributed by atoms with van der Waals surface area (Å²) in [6, 6.07) is 0. The van der Waals surface area contributed by atoms with Crippen LogP contribution in [0.2, 0.25) is 10.0 Å². The van der Waals surface area contributed by atoms with Gasteiger partial charge in [-0.25, -0.2) is 36.8 Å². The fraction of sp³-hybridized carbons (Fsp3) is 0.565. The predicted octanol–water partition coefficient (Wildman–Crippen LogP) is 4.98. The van der Waals surface area contributed by atoms with Crippen molar-refractivity contribution >= 4 is 42.9 Å². The normalized spacial score (nSPS) is 19.3. The van der Waals surface area contributed by atoms with Crippen LogP contribution in [-0.4, -0.2) is 166 Å². The molecule has 0 saturated heterocycles. The van der Waals surface area contributed by atoms with E-state index in [1.165, 1.54) is 93.9 Å². The second-order valence-electron chi connectivity index (χ2n) is 17.7. The van der Waals surface area contributed by atoms with Crippen LogP contribution in [0.4, 0.5) is 0 Å². The maximum absolute atomic E-state index is 13.7. The van der Waals surface area contributed by atoms with Crippen molar-refractivity contribution in [1.82, 2.24) is 69.4 Å². The molecule has 30 heteroatoms. The van der Waals surface area contributed by atoms with Crippen LogP contribution >= 0.6 is 23.2 Å². The largest absolute Gasteiger partial charge is 0.479 e. The van der Waals surface area contributed by atoms with Gasteiger partial charge in [0.15, 0.2) is 54.3 Å². The summed E-state index contributed by atoms with van der Waals surface area (Å²) in [6.07, 6.45) is 11.1. The number of hydrogen-bond acceptors (Lipinski definition) is 24. The first-order valence-corrected chi connectivity index (χ1v) is 27.9. The van der Waals surface area contributed by atoms with Gasteiger partial charge in [-0.2, -0.15) is 19.9 Å². The molecule has 6 aromatic heterocycles.